The number of nitrogens with zero attached hydrogens (tertiary/aromatic N) is 1. The maximum absolute atomic E-state index is 12.1. The van der Waals surface area contributed by atoms with E-state index in [0.29, 0.717) is 17.0 Å². The lowest BCUT2D eigenvalue weighted by Gasteiger charge is -2.12. The molecule has 1 amide bonds. The molecule has 19 heavy (non-hydrogen) atoms. The highest BCUT2D eigenvalue weighted by Crippen LogP contribution is 2.28. The van der Waals surface area contributed by atoms with Crippen molar-refractivity contribution in [1.82, 2.24) is 4.98 Å². The lowest BCUT2D eigenvalue weighted by Crippen LogP contribution is -2.13. The van der Waals surface area contributed by atoms with Gasteiger partial charge in [0.05, 0.1) is 12.8 Å². The van der Waals surface area contributed by atoms with Gasteiger partial charge in [0.1, 0.15) is 5.75 Å². The van der Waals surface area contributed by atoms with Crippen LogP contribution >= 0.6 is 0 Å². The smallest absolute Gasteiger partial charge is 0.255 e. The van der Waals surface area contributed by atoms with E-state index in [1.807, 2.05) is 26.0 Å². The van der Waals surface area contributed by atoms with Crippen molar-refractivity contribution in [2.24, 2.45) is 0 Å². The first-order chi connectivity index (χ1) is 9.11. The quantitative estimate of drug-likeness (QED) is 0.918. The molecular weight excluding hydrogens is 240 g/mol. The van der Waals surface area contributed by atoms with Gasteiger partial charge in [0.15, 0.2) is 0 Å². The third-order valence-corrected chi connectivity index (χ3v) is 3.01. The molecule has 4 nitrogen and oxygen atoms in total. The molecule has 0 spiro atoms. The fourth-order valence-electron chi connectivity index (χ4n) is 1.75. The summed E-state index contributed by atoms with van der Waals surface area (Å²) in [5.74, 6) is 0.481. The minimum atomic E-state index is -0.177. The van der Waals surface area contributed by atoms with E-state index in [1.165, 1.54) is 0 Å². The Bertz CT molecular complexity index is 595. The average molecular weight is 256 g/mol. The molecular formula is C15H16N2O2. The van der Waals surface area contributed by atoms with Crippen molar-refractivity contribution in [3.63, 3.8) is 0 Å². The molecule has 1 aromatic heterocycles. The first-order valence-corrected chi connectivity index (χ1v) is 5.98. The van der Waals surface area contributed by atoms with Crippen molar-refractivity contribution in [2.45, 2.75) is 13.8 Å². The molecule has 0 fully saturated rings. The SMILES string of the molecule is COc1cc(C)c(C)cc1NC(=O)c1ccncc1. The average Bonchev–Trinajstić information content (AvgIpc) is 2.43. The molecule has 4 heteroatoms. The Morgan fingerprint density at radius 2 is 1.79 bits per heavy atom. The summed E-state index contributed by atoms with van der Waals surface area (Å²) in [7, 11) is 1.59. The summed E-state index contributed by atoms with van der Waals surface area (Å²) in [6.07, 6.45) is 3.18. The lowest BCUT2D eigenvalue weighted by molar-refractivity contribution is 0.102. The maximum Gasteiger partial charge on any atom is 0.255 e. The summed E-state index contributed by atoms with van der Waals surface area (Å²) < 4.78 is 5.29. The second-order valence-electron chi connectivity index (χ2n) is 4.33. The van der Waals surface area contributed by atoms with E-state index >= 15 is 0 Å². The highest BCUT2D eigenvalue weighted by atomic mass is 16.5. The first kappa shape index (κ1) is 13.1. The van der Waals surface area contributed by atoms with Crippen LogP contribution in [0, 0.1) is 13.8 Å². The maximum atomic E-state index is 12.1. The van der Waals surface area contributed by atoms with E-state index in [2.05, 4.69) is 10.3 Å². The van der Waals surface area contributed by atoms with Crippen molar-refractivity contribution in [2.75, 3.05) is 12.4 Å². The van der Waals surface area contributed by atoms with Gasteiger partial charge in [-0.1, -0.05) is 0 Å². The Balaban J connectivity index is 2.28. The van der Waals surface area contributed by atoms with Gasteiger partial charge in [0, 0.05) is 18.0 Å². The van der Waals surface area contributed by atoms with Gasteiger partial charge in [0.2, 0.25) is 0 Å². The van der Waals surface area contributed by atoms with E-state index in [9.17, 15) is 4.79 Å². The second-order valence-corrected chi connectivity index (χ2v) is 4.33. The number of nitrogens with one attached hydrogen (secondary N) is 1. The summed E-state index contributed by atoms with van der Waals surface area (Å²) in [5.41, 5.74) is 3.47. The summed E-state index contributed by atoms with van der Waals surface area (Å²) in [5, 5.41) is 2.85. The molecule has 0 atom stereocenters. The number of benzene rings is 1. The van der Waals surface area contributed by atoms with E-state index in [-0.39, 0.29) is 5.91 Å². The zero-order chi connectivity index (χ0) is 13.8. The van der Waals surface area contributed by atoms with Crippen LogP contribution in [0.15, 0.2) is 36.7 Å². The zero-order valence-electron chi connectivity index (χ0n) is 11.2. The summed E-state index contributed by atoms with van der Waals surface area (Å²) >= 11 is 0. The van der Waals surface area contributed by atoms with Crippen molar-refractivity contribution in [1.29, 1.82) is 0 Å². The van der Waals surface area contributed by atoms with Crippen LogP contribution in [0.25, 0.3) is 0 Å². The Morgan fingerprint density at radius 1 is 1.16 bits per heavy atom. The number of hydrogen-bond acceptors (Lipinski definition) is 3. The minimum Gasteiger partial charge on any atom is -0.495 e. The second kappa shape index (κ2) is 5.52. The van der Waals surface area contributed by atoms with Gasteiger partial charge in [0.25, 0.3) is 5.91 Å². The number of rotatable bonds is 3. The molecule has 1 N–H and O–H groups in total. The molecule has 0 saturated heterocycles. The molecule has 0 aliphatic heterocycles. The molecule has 1 heterocycles. The van der Waals surface area contributed by atoms with Crippen LogP contribution in [0.2, 0.25) is 0 Å². The van der Waals surface area contributed by atoms with Crippen molar-refractivity contribution >= 4 is 11.6 Å². The van der Waals surface area contributed by atoms with Crippen molar-refractivity contribution in [3.8, 4) is 5.75 Å². The number of anilines is 1. The highest BCUT2D eigenvalue weighted by Gasteiger charge is 2.10. The molecule has 98 valence electrons. The van der Waals surface area contributed by atoms with E-state index in [4.69, 9.17) is 4.74 Å². The highest BCUT2D eigenvalue weighted by molar-refractivity contribution is 6.05. The summed E-state index contributed by atoms with van der Waals surface area (Å²) in [6, 6.07) is 7.16. The van der Waals surface area contributed by atoms with E-state index < -0.39 is 0 Å². The third kappa shape index (κ3) is 2.91. The van der Waals surface area contributed by atoms with Crippen LogP contribution in [0.5, 0.6) is 5.75 Å². The normalized spacial score (nSPS) is 10.1. The fraction of sp³-hybridized carbons (Fsp3) is 0.200. The summed E-state index contributed by atoms with van der Waals surface area (Å²) in [6.45, 7) is 4.00. The fourth-order valence-corrected chi connectivity index (χ4v) is 1.75. The van der Waals surface area contributed by atoms with E-state index in [0.717, 1.165) is 11.1 Å². The molecule has 0 radical (unpaired) electrons. The van der Waals surface area contributed by atoms with Gasteiger partial charge in [-0.05, 0) is 49.2 Å². The molecule has 0 unspecified atom stereocenters. The number of carbonyl (C=O) groups is 1. The molecule has 0 bridgehead atoms. The number of aromatic nitrogens is 1. The van der Waals surface area contributed by atoms with Gasteiger partial charge >= 0.3 is 0 Å². The first-order valence-electron chi connectivity index (χ1n) is 5.98. The summed E-state index contributed by atoms with van der Waals surface area (Å²) in [4.78, 5) is 16.0. The predicted octanol–water partition coefficient (Wildman–Crippen LogP) is 2.96. The van der Waals surface area contributed by atoms with Crippen LogP contribution in [-0.4, -0.2) is 18.0 Å². The minimum absolute atomic E-state index is 0.177. The van der Waals surface area contributed by atoms with Crippen LogP contribution in [-0.2, 0) is 0 Å². The zero-order valence-corrected chi connectivity index (χ0v) is 11.2. The van der Waals surface area contributed by atoms with Crippen LogP contribution in [0.3, 0.4) is 0 Å². The Labute approximate surface area is 112 Å². The standard InChI is InChI=1S/C15H16N2O2/c1-10-8-13(14(19-3)9-11(10)2)17-15(18)12-4-6-16-7-5-12/h4-9H,1-3H3,(H,17,18). The molecule has 1 aromatic carbocycles. The van der Waals surface area contributed by atoms with Crippen molar-refractivity contribution in [3.05, 3.63) is 53.3 Å². The molecule has 0 saturated carbocycles. The molecule has 2 rings (SSSR count). The van der Waals surface area contributed by atoms with Crippen LogP contribution < -0.4 is 10.1 Å². The number of aryl methyl sites for hydroxylation is 2. The number of hydrogen-bond donors (Lipinski definition) is 1. The largest absolute Gasteiger partial charge is 0.495 e. The number of carbonyl (C=O) groups excluding carboxylic acids is 1. The molecule has 2 aromatic rings. The van der Waals surface area contributed by atoms with Crippen LogP contribution in [0.4, 0.5) is 5.69 Å². The van der Waals surface area contributed by atoms with Gasteiger partial charge < -0.3 is 10.1 Å². The Kier molecular flexibility index (Phi) is 3.80. The van der Waals surface area contributed by atoms with Crippen LogP contribution in [0.1, 0.15) is 21.5 Å². The number of methoxy groups -OCH3 is 1. The van der Waals surface area contributed by atoms with Gasteiger partial charge in [-0.25, -0.2) is 0 Å². The monoisotopic (exact) mass is 256 g/mol. The van der Waals surface area contributed by atoms with Gasteiger partial charge in [-0.15, -0.1) is 0 Å². The topological polar surface area (TPSA) is 51.2 Å². The molecule has 0 aliphatic carbocycles. The lowest BCUT2D eigenvalue weighted by atomic mass is 10.1. The Morgan fingerprint density at radius 3 is 2.42 bits per heavy atom. The Hall–Kier alpha value is -2.36. The predicted molar refractivity (Wildman–Crippen MR) is 74.7 cm³/mol. The molecule has 0 aliphatic rings. The number of pyridine rings is 1. The number of ether oxygens (including phenoxy) is 1. The van der Waals surface area contributed by atoms with E-state index in [1.54, 1.807) is 31.6 Å². The third-order valence-electron chi connectivity index (χ3n) is 3.01. The number of amides is 1. The van der Waals surface area contributed by atoms with Crippen molar-refractivity contribution < 1.29 is 9.53 Å². The van der Waals surface area contributed by atoms with Gasteiger partial charge in [-0.3, -0.25) is 9.78 Å². The van der Waals surface area contributed by atoms with Gasteiger partial charge in [-0.2, -0.15) is 0 Å².